The van der Waals surface area contributed by atoms with Gasteiger partial charge in [0.25, 0.3) is 5.91 Å². The van der Waals surface area contributed by atoms with Gasteiger partial charge >= 0.3 is 0 Å². The van der Waals surface area contributed by atoms with Gasteiger partial charge in [-0.25, -0.2) is 0 Å². The van der Waals surface area contributed by atoms with Crippen LogP contribution in [-0.4, -0.2) is 53.1 Å². The van der Waals surface area contributed by atoms with E-state index in [9.17, 15) is 19.2 Å². The maximum atomic E-state index is 13.6. The highest BCUT2D eigenvalue weighted by Crippen LogP contribution is 2.22. The van der Waals surface area contributed by atoms with Gasteiger partial charge in [0.1, 0.15) is 17.8 Å². The van der Waals surface area contributed by atoms with Crippen LogP contribution >= 0.6 is 0 Å². The smallest absolute Gasteiger partial charge is 0.289 e. The number of carbonyl (C=O) groups excluding carboxylic acids is 4. The van der Waals surface area contributed by atoms with Crippen molar-refractivity contribution in [2.24, 2.45) is 0 Å². The van der Waals surface area contributed by atoms with Gasteiger partial charge in [-0.05, 0) is 49.5 Å². The molecule has 0 spiro atoms. The van der Waals surface area contributed by atoms with Crippen LogP contribution in [0.3, 0.4) is 0 Å². The van der Waals surface area contributed by atoms with Crippen molar-refractivity contribution in [2.45, 2.75) is 69.5 Å². The molecule has 1 saturated heterocycles. The summed E-state index contributed by atoms with van der Waals surface area (Å²) in [5.74, 6) is -1.48. The minimum absolute atomic E-state index is 0.0202. The number of carbonyl (C=O) groups is 4. The van der Waals surface area contributed by atoms with Crippen molar-refractivity contribution in [3.8, 4) is 0 Å². The quantitative estimate of drug-likeness (QED) is 0.414. The minimum atomic E-state index is -0.879. The molecule has 0 radical (unpaired) electrons. The van der Waals surface area contributed by atoms with Crippen LogP contribution in [0.15, 0.2) is 59.2 Å². The van der Waals surface area contributed by atoms with Crippen molar-refractivity contribution in [3.63, 3.8) is 0 Å². The molecule has 1 aromatic carbocycles. The van der Waals surface area contributed by atoms with Crippen LogP contribution in [0.4, 0.5) is 0 Å². The molecule has 2 N–H and O–H groups in total. The number of nitrogens with zero attached hydrogens (tertiary/aromatic N) is 1. The summed E-state index contributed by atoms with van der Waals surface area (Å²) < 4.78 is 5.21. The molecule has 2 atom stereocenters. The Labute approximate surface area is 211 Å². The molecule has 2 aromatic rings. The summed E-state index contributed by atoms with van der Waals surface area (Å²) in [6.07, 6.45) is 10.7. The highest BCUT2D eigenvalue weighted by molar-refractivity contribution is 6.38. The summed E-state index contributed by atoms with van der Waals surface area (Å²) in [4.78, 5) is 53.5. The van der Waals surface area contributed by atoms with E-state index in [-0.39, 0.29) is 18.4 Å². The highest BCUT2D eigenvalue weighted by atomic mass is 16.3. The molecule has 190 valence electrons. The Kier molecular flexibility index (Phi) is 8.71. The molecule has 2 aliphatic rings. The molecular formula is C28H33N3O5. The fourth-order valence-electron chi connectivity index (χ4n) is 4.97. The predicted molar refractivity (Wildman–Crippen MR) is 135 cm³/mol. The summed E-state index contributed by atoms with van der Waals surface area (Å²) in [5.41, 5.74) is 0.878. The lowest BCUT2D eigenvalue weighted by Crippen LogP contribution is -2.54. The number of rotatable bonds is 9. The van der Waals surface area contributed by atoms with Crippen molar-refractivity contribution in [3.05, 3.63) is 66.1 Å². The maximum Gasteiger partial charge on any atom is 0.289 e. The second-order valence-corrected chi connectivity index (χ2v) is 9.46. The molecule has 1 aromatic heterocycles. The Bertz CT molecular complexity index is 1070. The molecule has 2 heterocycles. The number of hydrogen-bond donors (Lipinski definition) is 2. The van der Waals surface area contributed by atoms with Crippen LogP contribution < -0.4 is 10.6 Å². The van der Waals surface area contributed by atoms with Gasteiger partial charge in [-0.3, -0.25) is 19.2 Å². The molecule has 4 rings (SSSR count). The first-order valence-electron chi connectivity index (χ1n) is 12.7. The Morgan fingerprint density at radius 3 is 2.47 bits per heavy atom. The molecule has 1 aliphatic carbocycles. The van der Waals surface area contributed by atoms with Crippen molar-refractivity contribution in [1.29, 1.82) is 0 Å². The third-order valence-electron chi connectivity index (χ3n) is 6.84. The summed E-state index contributed by atoms with van der Waals surface area (Å²) in [6.45, 7) is 0.370. The molecule has 36 heavy (non-hydrogen) atoms. The van der Waals surface area contributed by atoms with Crippen molar-refractivity contribution in [2.75, 3.05) is 6.54 Å². The van der Waals surface area contributed by atoms with Crippen molar-refractivity contribution >= 4 is 29.6 Å². The molecular weight excluding hydrogens is 458 g/mol. The van der Waals surface area contributed by atoms with Gasteiger partial charge in [0.05, 0.1) is 6.26 Å². The van der Waals surface area contributed by atoms with E-state index in [0.29, 0.717) is 25.1 Å². The fraction of sp³-hybridized carbons (Fsp3) is 0.429. The molecule has 1 saturated carbocycles. The molecule has 1 unspecified atom stereocenters. The average Bonchev–Trinajstić information content (AvgIpc) is 3.60. The molecule has 8 nitrogen and oxygen atoms in total. The average molecular weight is 492 g/mol. The van der Waals surface area contributed by atoms with Gasteiger partial charge < -0.3 is 20.0 Å². The first-order valence-corrected chi connectivity index (χ1v) is 12.7. The molecule has 2 fully saturated rings. The normalized spacial score (nSPS) is 19.2. The van der Waals surface area contributed by atoms with Crippen LogP contribution in [0.2, 0.25) is 0 Å². The van der Waals surface area contributed by atoms with Crippen LogP contribution in [0.25, 0.3) is 6.08 Å². The minimum Gasteiger partial charge on any atom is -0.465 e. The zero-order valence-electron chi connectivity index (χ0n) is 20.4. The number of nitrogens with one attached hydrogen (secondary N) is 2. The van der Waals surface area contributed by atoms with Gasteiger partial charge in [0.2, 0.25) is 17.6 Å². The largest absolute Gasteiger partial charge is 0.465 e. The molecule has 0 bridgehead atoms. The number of amides is 3. The van der Waals surface area contributed by atoms with Gasteiger partial charge in [-0.2, -0.15) is 0 Å². The van der Waals surface area contributed by atoms with E-state index in [1.807, 2.05) is 30.3 Å². The molecule has 3 amide bonds. The lowest BCUT2D eigenvalue weighted by Gasteiger charge is -2.29. The van der Waals surface area contributed by atoms with Crippen molar-refractivity contribution < 1.29 is 23.6 Å². The zero-order valence-corrected chi connectivity index (χ0v) is 20.4. The fourth-order valence-corrected chi connectivity index (χ4v) is 4.97. The Morgan fingerprint density at radius 2 is 1.75 bits per heavy atom. The molecule has 1 aliphatic heterocycles. The first-order chi connectivity index (χ1) is 17.5. The Hall–Kier alpha value is -3.68. The summed E-state index contributed by atoms with van der Waals surface area (Å²) in [6, 6.07) is 11.2. The van der Waals surface area contributed by atoms with Crippen LogP contribution in [0, 0.1) is 0 Å². The number of hydrogen-bond acceptors (Lipinski definition) is 5. The van der Waals surface area contributed by atoms with E-state index in [2.05, 4.69) is 10.6 Å². The second-order valence-electron chi connectivity index (χ2n) is 9.46. The Balaban J connectivity index is 1.45. The summed E-state index contributed by atoms with van der Waals surface area (Å²) in [5, 5.41) is 5.66. The van der Waals surface area contributed by atoms with E-state index in [4.69, 9.17) is 4.42 Å². The van der Waals surface area contributed by atoms with E-state index in [1.165, 1.54) is 23.3 Å². The second kappa shape index (κ2) is 12.3. The highest BCUT2D eigenvalue weighted by Gasteiger charge is 2.40. The van der Waals surface area contributed by atoms with Crippen LogP contribution in [0.1, 0.15) is 56.3 Å². The van der Waals surface area contributed by atoms with Gasteiger partial charge in [0, 0.05) is 25.1 Å². The van der Waals surface area contributed by atoms with Crippen LogP contribution in [-0.2, 0) is 25.6 Å². The predicted octanol–water partition coefficient (Wildman–Crippen LogP) is 3.03. The topological polar surface area (TPSA) is 109 Å². The monoisotopic (exact) mass is 491 g/mol. The number of Topliss-reactive ketones (excluding diaryl/α,β-unsaturated/α-hetero) is 1. The third kappa shape index (κ3) is 6.71. The van der Waals surface area contributed by atoms with Gasteiger partial charge in [-0.1, -0.05) is 49.6 Å². The standard InChI is InChI=1S/C28H33N3O5/c32-25(16-15-22-13-8-18-36-22)30-23(19-20-9-3-1-4-10-20)28(35)31-17-7-14-24(31)26(33)27(34)29-21-11-5-2-6-12-21/h1,3-4,8-10,13,15-16,18,21,23-24H,2,5-7,11-12,14,17,19H2,(H,29,34)(H,30,32)/t23-,24?/m0/s1. The van der Waals surface area contributed by atoms with E-state index < -0.39 is 29.7 Å². The van der Waals surface area contributed by atoms with Gasteiger partial charge in [0.15, 0.2) is 0 Å². The van der Waals surface area contributed by atoms with Crippen LogP contribution in [0.5, 0.6) is 0 Å². The van der Waals surface area contributed by atoms with E-state index >= 15 is 0 Å². The summed E-state index contributed by atoms with van der Waals surface area (Å²) in [7, 11) is 0. The SMILES string of the molecule is O=C(C=Cc1ccco1)N[C@@H](Cc1ccccc1)C(=O)N1CCCC1C(=O)C(=O)NC1CCCCC1. The molecule has 8 heteroatoms. The number of likely N-dealkylation sites (tertiary alicyclic amines) is 1. The van der Waals surface area contributed by atoms with E-state index in [0.717, 1.165) is 37.7 Å². The van der Waals surface area contributed by atoms with E-state index in [1.54, 1.807) is 12.1 Å². The number of furan rings is 1. The number of benzene rings is 1. The number of ketones is 1. The first kappa shape index (κ1) is 25.4. The lowest BCUT2D eigenvalue weighted by atomic mass is 9.95. The van der Waals surface area contributed by atoms with Gasteiger partial charge in [-0.15, -0.1) is 0 Å². The third-order valence-corrected chi connectivity index (χ3v) is 6.84. The Morgan fingerprint density at radius 1 is 0.972 bits per heavy atom. The lowest BCUT2D eigenvalue weighted by molar-refractivity contribution is -0.145. The maximum absolute atomic E-state index is 13.6. The zero-order chi connectivity index (χ0) is 25.3. The van der Waals surface area contributed by atoms with Crippen molar-refractivity contribution in [1.82, 2.24) is 15.5 Å². The summed E-state index contributed by atoms with van der Waals surface area (Å²) >= 11 is 0.